The quantitative estimate of drug-likeness (QED) is 0.226. The molecule has 5 rings (SSSR count). The van der Waals surface area contributed by atoms with Crippen molar-refractivity contribution >= 4 is 81.2 Å². The lowest BCUT2D eigenvalue weighted by Gasteiger charge is -2.11. The molecule has 4 aromatic rings. The SMILES string of the molecule is O=C(Nc1ccc(-n2cccn2)cc1)c1cc(NC(=O)[C@@H]2[C@@H](c3cc(Cl)cc(Cl)c3)C2(Cl)Cl)ccc1Cl. The van der Waals surface area contributed by atoms with Crippen molar-refractivity contribution in [3.63, 3.8) is 0 Å². The van der Waals surface area contributed by atoms with E-state index in [2.05, 4.69) is 15.7 Å². The van der Waals surface area contributed by atoms with Crippen molar-refractivity contribution in [3.05, 3.63) is 105 Å². The van der Waals surface area contributed by atoms with Crippen LogP contribution in [0.5, 0.6) is 0 Å². The Labute approximate surface area is 237 Å². The van der Waals surface area contributed by atoms with Gasteiger partial charge in [-0.05, 0) is 72.3 Å². The van der Waals surface area contributed by atoms with E-state index < -0.39 is 28.0 Å². The number of carbonyl (C=O) groups excluding carboxylic acids is 2. The molecule has 1 aliphatic carbocycles. The van der Waals surface area contributed by atoms with Crippen LogP contribution in [0.4, 0.5) is 11.4 Å². The van der Waals surface area contributed by atoms with E-state index in [4.69, 9.17) is 58.0 Å². The van der Waals surface area contributed by atoms with Gasteiger partial charge in [-0.1, -0.05) is 34.8 Å². The fraction of sp³-hybridized carbons (Fsp3) is 0.115. The Hall–Kier alpha value is -2.74. The predicted molar refractivity (Wildman–Crippen MR) is 149 cm³/mol. The highest BCUT2D eigenvalue weighted by molar-refractivity contribution is 6.53. The number of benzene rings is 3. The minimum Gasteiger partial charge on any atom is -0.326 e. The lowest BCUT2D eigenvalue weighted by atomic mass is 10.1. The molecule has 0 spiro atoms. The van der Waals surface area contributed by atoms with Crippen LogP contribution in [0.2, 0.25) is 15.1 Å². The van der Waals surface area contributed by atoms with Gasteiger partial charge in [0, 0.05) is 39.7 Å². The van der Waals surface area contributed by atoms with E-state index in [-0.39, 0.29) is 10.6 Å². The first-order valence-corrected chi connectivity index (χ1v) is 12.9. The molecule has 188 valence electrons. The van der Waals surface area contributed by atoms with Crippen molar-refractivity contribution in [3.8, 4) is 5.69 Å². The van der Waals surface area contributed by atoms with Gasteiger partial charge in [-0.2, -0.15) is 5.10 Å². The van der Waals surface area contributed by atoms with Gasteiger partial charge < -0.3 is 10.6 Å². The average molecular weight is 595 g/mol. The van der Waals surface area contributed by atoms with Gasteiger partial charge in [0.25, 0.3) is 5.91 Å². The van der Waals surface area contributed by atoms with Gasteiger partial charge in [-0.3, -0.25) is 9.59 Å². The number of nitrogens with one attached hydrogen (secondary N) is 2. The minimum atomic E-state index is -1.33. The molecule has 2 N–H and O–H groups in total. The lowest BCUT2D eigenvalue weighted by molar-refractivity contribution is -0.117. The third-order valence-electron chi connectivity index (χ3n) is 5.95. The molecule has 1 fully saturated rings. The van der Waals surface area contributed by atoms with Crippen molar-refractivity contribution in [1.82, 2.24) is 9.78 Å². The number of halogens is 5. The Morgan fingerprint density at radius 1 is 0.865 bits per heavy atom. The van der Waals surface area contributed by atoms with Gasteiger partial charge in [-0.25, -0.2) is 4.68 Å². The number of anilines is 2. The van der Waals surface area contributed by atoms with Crippen molar-refractivity contribution in [2.75, 3.05) is 10.6 Å². The van der Waals surface area contributed by atoms with Crippen molar-refractivity contribution in [1.29, 1.82) is 0 Å². The lowest BCUT2D eigenvalue weighted by Crippen LogP contribution is -2.18. The van der Waals surface area contributed by atoms with E-state index in [0.717, 1.165) is 5.69 Å². The summed E-state index contributed by atoms with van der Waals surface area (Å²) in [6.45, 7) is 0. The van der Waals surface area contributed by atoms with Crippen molar-refractivity contribution in [2.24, 2.45) is 5.92 Å². The van der Waals surface area contributed by atoms with Crippen molar-refractivity contribution in [2.45, 2.75) is 10.3 Å². The summed E-state index contributed by atoms with van der Waals surface area (Å²) in [5, 5.41) is 10.8. The number of nitrogens with zero attached hydrogens (tertiary/aromatic N) is 2. The fourth-order valence-corrected chi connectivity index (χ4v) is 5.71. The number of rotatable bonds is 6. The topological polar surface area (TPSA) is 76.0 Å². The zero-order chi connectivity index (χ0) is 26.3. The third kappa shape index (κ3) is 5.44. The summed E-state index contributed by atoms with van der Waals surface area (Å²) in [5.41, 5.74) is 2.64. The number of alkyl halides is 2. The molecular weight excluding hydrogens is 578 g/mol. The van der Waals surface area contributed by atoms with E-state index in [1.54, 1.807) is 47.3 Å². The normalized spacial score (nSPS) is 17.8. The van der Waals surface area contributed by atoms with Crippen molar-refractivity contribution < 1.29 is 9.59 Å². The number of hydrogen-bond acceptors (Lipinski definition) is 3. The Bertz CT molecular complexity index is 1470. The fourth-order valence-electron chi connectivity index (χ4n) is 4.14. The number of hydrogen-bond donors (Lipinski definition) is 2. The Morgan fingerprint density at radius 2 is 1.54 bits per heavy atom. The molecule has 1 saturated carbocycles. The molecular formula is C26H17Cl5N4O2. The average Bonchev–Trinajstić information content (AvgIpc) is 3.16. The molecule has 0 bridgehead atoms. The molecule has 1 heterocycles. The molecule has 37 heavy (non-hydrogen) atoms. The summed E-state index contributed by atoms with van der Waals surface area (Å²) in [4.78, 5) is 26.0. The first kappa shape index (κ1) is 25.9. The van der Waals surface area contributed by atoms with E-state index in [0.29, 0.717) is 27.0 Å². The minimum absolute atomic E-state index is 0.188. The maximum atomic E-state index is 13.0. The zero-order valence-corrected chi connectivity index (χ0v) is 22.5. The monoisotopic (exact) mass is 592 g/mol. The maximum absolute atomic E-state index is 13.0. The third-order valence-corrected chi connectivity index (χ3v) is 7.66. The van der Waals surface area contributed by atoms with Crippen LogP contribution in [0.15, 0.2) is 79.1 Å². The summed E-state index contributed by atoms with van der Waals surface area (Å²) in [6, 6.07) is 18.5. The van der Waals surface area contributed by atoms with E-state index in [1.165, 1.54) is 12.1 Å². The van der Waals surface area contributed by atoms with Gasteiger partial charge in [0.1, 0.15) is 4.33 Å². The van der Waals surface area contributed by atoms with Crippen LogP contribution in [0.25, 0.3) is 5.69 Å². The Balaban J connectivity index is 1.29. The number of amides is 2. The summed E-state index contributed by atoms with van der Waals surface area (Å²) in [6.07, 6.45) is 3.50. The summed E-state index contributed by atoms with van der Waals surface area (Å²) in [5.74, 6) is -2.08. The maximum Gasteiger partial charge on any atom is 0.257 e. The second-order valence-corrected chi connectivity index (χ2v) is 11.2. The van der Waals surface area contributed by atoms with Crippen LogP contribution < -0.4 is 10.6 Å². The Morgan fingerprint density at radius 3 is 2.19 bits per heavy atom. The van der Waals surface area contributed by atoms with Gasteiger partial charge in [0.2, 0.25) is 5.91 Å². The molecule has 1 aliphatic rings. The van der Waals surface area contributed by atoms with Crippen LogP contribution in [0.3, 0.4) is 0 Å². The molecule has 1 aromatic heterocycles. The predicted octanol–water partition coefficient (Wildman–Crippen LogP) is 7.61. The number of aromatic nitrogens is 2. The molecule has 11 heteroatoms. The highest BCUT2D eigenvalue weighted by Gasteiger charge is 2.67. The largest absolute Gasteiger partial charge is 0.326 e. The van der Waals surface area contributed by atoms with E-state index >= 15 is 0 Å². The first-order valence-electron chi connectivity index (χ1n) is 11.0. The van der Waals surface area contributed by atoms with Gasteiger partial charge in [0.05, 0.1) is 22.2 Å². The van der Waals surface area contributed by atoms with Crippen LogP contribution in [-0.4, -0.2) is 25.9 Å². The molecule has 0 aliphatic heterocycles. The van der Waals surface area contributed by atoms with E-state index in [1.807, 2.05) is 24.4 Å². The second kappa shape index (κ2) is 10.2. The Kier molecular flexibility index (Phi) is 7.14. The standard InChI is InChI=1S/C26H17Cl5N4O2/c27-15-10-14(11-16(28)12-15)22-23(26(22,30)31)25(37)34-18-4-7-21(29)20(13-18)24(36)33-17-2-5-19(6-3-17)35-9-1-8-32-35/h1-13,22-23H,(H,33,36)(H,34,37)/t22-,23+/m1/s1. The second-order valence-electron chi connectivity index (χ2n) is 8.47. The van der Waals surface area contributed by atoms with Crippen LogP contribution in [0.1, 0.15) is 21.8 Å². The van der Waals surface area contributed by atoms with Gasteiger partial charge in [-0.15, -0.1) is 23.2 Å². The smallest absolute Gasteiger partial charge is 0.257 e. The molecule has 0 unspecified atom stereocenters. The zero-order valence-electron chi connectivity index (χ0n) is 18.8. The molecule has 2 amide bonds. The summed E-state index contributed by atoms with van der Waals surface area (Å²) in [7, 11) is 0. The van der Waals surface area contributed by atoms with E-state index in [9.17, 15) is 9.59 Å². The first-order chi connectivity index (χ1) is 17.6. The highest BCUT2D eigenvalue weighted by atomic mass is 35.5. The molecule has 2 atom stereocenters. The van der Waals surface area contributed by atoms with Crippen LogP contribution in [-0.2, 0) is 4.79 Å². The molecule has 0 saturated heterocycles. The summed E-state index contributed by atoms with van der Waals surface area (Å²) >= 11 is 31.4. The highest BCUT2D eigenvalue weighted by Crippen LogP contribution is 2.65. The number of carbonyl (C=O) groups is 2. The van der Waals surface area contributed by atoms with Gasteiger partial charge in [0.15, 0.2) is 0 Å². The molecule has 3 aromatic carbocycles. The molecule has 0 radical (unpaired) electrons. The molecule has 6 nitrogen and oxygen atoms in total. The summed E-state index contributed by atoms with van der Waals surface area (Å²) < 4.78 is 0.378. The van der Waals surface area contributed by atoms with Crippen LogP contribution in [0, 0.1) is 5.92 Å². The van der Waals surface area contributed by atoms with Crippen LogP contribution >= 0.6 is 58.0 Å². The van der Waals surface area contributed by atoms with Gasteiger partial charge >= 0.3 is 0 Å².